The summed E-state index contributed by atoms with van der Waals surface area (Å²) in [6.45, 7) is 5.13. The zero-order valence-electron chi connectivity index (χ0n) is 17.8. The monoisotopic (exact) mass is 515 g/mol. The van der Waals surface area contributed by atoms with Crippen LogP contribution < -0.4 is 4.80 Å². The largest absolute Gasteiger partial charge is 0.383 e. The van der Waals surface area contributed by atoms with Crippen molar-refractivity contribution < 1.29 is 17.9 Å². The van der Waals surface area contributed by atoms with E-state index in [2.05, 4.69) is 4.99 Å². The second-order valence-electron chi connectivity index (χ2n) is 6.77. The summed E-state index contributed by atoms with van der Waals surface area (Å²) >= 11 is 13.9. The summed E-state index contributed by atoms with van der Waals surface area (Å²) in [5.41, 5.74) is 0.969. The molecule has 11 heteroatoms. The van der Waals surface area contributed by atoms with E-state index in [1.54, 1.807) is 31.6 Å². The van der Waals surface area contributed by atoms with Gasteiger partial charge in [-0.15, -0.1) is 0 Å². The molecule has 172 valence electrons. The van der Waals surface area contributed by atoms with Crippen molar-refractivity contribution in [3.8, 4) is 0 Å². The normalized spacial score (nSPS) is 12.8. The molecule has 32 heavy (non-hydrogen) atoms. The van der Waals surface area contributed by atoms with E-state index in [0.717, 1.165) is 4.70 Å². The van der Waals surface area contributed by atoms with Crippen LogP contribution in [0.4, 0.5) is 0 Å². The molecule has 0 atom stereocenters. The maximum atomic E-state index is 12.9. The first kappa shape index (κ1) is 24.9. The molecule has 2 aromatic carbocycles. The van der Waals surface area contributed by atoms with Gasteiger partial charge in [0.25, 0.3) is 5.91 Å². The van der Waals surface area contributed by atoms with Crippen molar-refractivity contribution in [1.82, 2.24) is 8.87 Å². The Kier molecular flexibility index (Phi) is 8.13. The standard InChI is InChI=1S/C21H23Cl2N3O4S2/c1-4-25(5-2)32(28,29)15-8-6-14(7-9-15)20(27)24-21-26(12-13-30-3)19-17(31-21)11-10-16(22)18(19)23/h6-11H,4-5,12-13H2,1-3H3. The molecular formula is C21H23Cl2N3O4S2. The number of amides is 1. The number of benzene rings is 2. The van der Waals surface area contributed by atoms with Crippen molar-refractivity contribution in [2.24, 2.45) is 4.99 Å². The predicted molar refractivity (Wildman–Crippen MR) is 128 cm³/mol. The van der Waals surface area contributed by atoms with E-state index in [1.807, 2.05) is 6.07 Å². The number of thiazole rings is 1. The van der Waals surface area contributed by atoms with Crippen LogP contribution in [0.5, 0.6) is 0 Å². The molecule has 7 nitrogen and oxygen atoms in total. The Hall–Kier alpha value is -1.75. The van der Waals surface area contributed by atoms with Crippen LogP contribution >= 0.6 is 34.5 Å². The number of sulfonamides is 1. The third kappa shape index (κ3) is 4.93. The van der Waals surface area contributed by atoms with Crippen LogP contribution in [-0.4, -0.2) is 50.0 Å². The zero-order valence-corrected chi connectivity index (χ0v) is 21.0. The van der Waals surface area contributed by atoms with E-state index < -0.39 is 15.9 Å². The SMILES string of the molecule is CCN(CC)S(=O)(=O)c1ccc(C(=O)N=c2sc3ccc(Cl)c(Cl)c3n2CCOC)cc1. The fraction of sp³-hybridized carbons (Fsp3) is 0.333. The average Bonchev–Trinajstić information content (AvgIpc) is 3.13. The molecule has 1 heterocycles. The number of ether oxygens (including phenoxy) is 1. The minimum Gasteiger partial charge on any atom is -0.383 e. The van der Waals surface area contributed by atoms with Gasteiger partial charge in [0, 0.05) is 32.3 Å². The first-order valence-electron chi connectivity index (χ1n) is 9.90. The highest BCUT2D eigenvalue weighted by Crippen LogP contribution is 2.32. The van der Waals surface area contributed by atoms with Crippen LogP contribution in [-0.2, 0) is 21.3 Å². The molecule has 0 fully saturated rings. The van der Waals surface area contributed by atoms with Crippen molar-refractivity contribution >= 4 is 60.7 Å². The average molecular weight is 516 g/mol. The minimum atomic E-state index is -3.60. The van der Waals surface area contributed by atoms with Crippen molar-refractivity contribution in [1.29, 1.82) is 0 Å². The topological polar surface area (TPSA) is 81.0 Å². The molecule has 1 amide bonds. The van der Waals surface area contributed by atoms with E-state index >= 15 is 0 Å². The number of carbonyl (C=O) groups excluding carboxylic acids is 1. The second-order valence-corrected chi connectivity index (χ2v) is 10.5. The lowest BCUT2D eigenvalue weighted by Gasteiger charge is -2.18. The predicted octanol–water partition coefficient (Wildman–Crippen LogP) is 4.43. The number of methoxy groups -OCH3 is 1. The lowest BCUT2D eigenvalue weighted by atomic mass is 10.2. The summed E-state index contributed by atoms with van der Waals surface area (Å²) in [5.74, 6) is -0.489. The number of hydrogen-bond acceptors (Lipinski definition) is 5. The zero-order chi connectivity index (χ0) is 23.5. The molecule has 0 saturated heterocycles. The van der Waals surface area contributed by atoms with Gasteiger partial charge < -0.3 is 9.30 Å². The van der Waals surface area contributed by atoms with Gasteiger partial charge in [0.1, 0.15) is 0 Å². The first-order valence-corrected chi connectivity index (χ1v) is 12.9. The molecule has 0 spiro atoms. The Morgan fingerprint density at radius 2 is 1.78 bits per heavy atom. The molecule has 0 aliphatic carbocycles. The lowest BCUT2D eigenvalue weighted by molar-refractivity contribution is 0.0997. The van der Waals surface area contributed by atoms with E-state index in [9.17, 15) is 13.2 Å². The number of halogens is 2. The molecule has 0 aliphatic heterocycles. The van der Waals surface area contributed by atoms with Gasteiger partial charge in [0.2, 0.25) is 10.0 Å². The summed E-state index contributed by atoms with van der Waals surface area (Å²) < 4.78 is 34.5. The highest BCUT2D eigenvalue weighted by molar-refractivity contribution is 7.89. The van der Waals surface area contributed by atoms with E-state index in [4.69, 9.17) is 27.9 Å². The third-order valence-electron chi connectivity index (χ3n) is 4.89. The minimum absolute atomic E-state index is 0.135. The van der Waals surface area contributed by atoms with Gasteiger partial charge >= 0.3 is 0 Å². The van der Waals surface area contributed by atoms with Gasteiger partial charge in [-0.1, -0.05) is 48.4 Å². The quantitative estimate of drug-likeness (QED) is 0.444. The van der Waals surface area contributed by atoms with E-state index in [0.29, 0.717) is 46.6 Å². The van der Waals surface area contributed by atoms with Gasteiger partial charge in [-0.25, -0.2) is 8.42 Å². The van der Waals surface area contributed by atoms with E-state index in [1.165, 1.54) is 39.9 Å². The number of aromatic nitrogens is 1. The maximum absolute atomic E-state index is 12.9. The number of carbonyl (C=O) groups is 1. The molecule has 1 aromatic heterocycles. The summed E-state index contributed by atoms with van der Waals surface area (Å²) in [6.07, 6.45) is 0. The van der Waals surface area contributed by atoms with Crippen LogP contribution in [0.3, 0.4) is 0 Å². The molecule has 3 aromatic rings. The molecule has 0 unspecified atom stereocenters. The van der Waals surface area contributed by atoms with Crippen LogP contribution in [0, 0.1) is 0 Å². The molecule has 0 radical (unpaired) electrons. The van der Waals surface area contributed by atoms with E-state index in [-0.39, 0.29) is 10.5 Å². The molecule has 3 rings (SSSR count). The Morgan fingerprint density at radius 1 is 1.12 bits per heavy atom. The maximum Gasteiger partial charge on any atom is 0.279 e. The van der Waals surface area contributed by atoms with Gasteiger partial charge in [-0.05, 0) is 36.4 Å². The molecule has 0 bridgehead atoms. The lowest BCUT2D eigenvalue weighted by Crippen LogP contribution is -2.30. The molecular weight excluding hydrogens is 493 g/mol. The molecule has 0 N–H and O–H groups in total. The highest BCUT2D eigenvalue weighted by atomic mass is 35.5. The van der Waals surface area contributed by atoms with Crippen molar-refractivity contribution in [2.75, 3.05) is 26.8 Å². The first-order chi connectivity index (χ1) is 15.2. The number of fused-ring (bicyclic) bond motifs is 1. The number of hydrogen-bond donors (Lipinski definition) is 0. The summed E-state index contributed by atoms with van der Waals surface area (Å²) in [5, 5.41) is 0.794. The van der Waals surface area contributed by atoms with Gasteiger partial charge in [-0.2, -0.15) is 9.30 Å². The Bertz CT molecular complexity index is 1300. The van der Waals surface area contributed by atoms with Crippen molar-refractivity contribution in [3.05, 3.63) is 56.8 Å². The third-order valence-corrected chi connectivity index (χ3v) is 8.80. The van der Waals surface area contributed by atoms with Crippen LogP contribution in [0.15, 0.2) is 46.3 Å². The smallest absolute Gasteiger partial charge is 0.279 e. The number of rotatable bonds is 8. The van der Waals surface area contributed by atoms with Gasteiger partial charge in [0.15, 0.2) is 4.80 Å². The Balaban J connectivity index is 2.02. The summed E-state index contributed by atoms with van der Waals surface area (Å²) in [4.78, 5) is 17.7. The molecule has 0 aliphatic rings. The highest BCUT2D eigenvalue weighted by Gasteiger charge is 2.22. The summed E-state index contributed by atoms with van der Waals surface area (Å²) in [7, 11) is -2.01. The van der Waals surface area contributed by atoms with Crippen LogP contribution in [0.25, 0.3) is 10.2 Å². The van der Waals surface area contributed by atoms with Crippen molar-refractivity contribution in [3.63, 3.8) is 0 Å². The van der Waals surface area contributed by atoms with Crippen LogP contribution in [0.1, 0.15) is 24.2 Å². The molecule has 0 saturated carbocycles. The Morgan fingerprint density at radius 3 is 2.38 bits per heavy atom. The second kappa shape index (κ2) is 10.5. The fourth-order valence-electron chi connectivity index (χ4n) is 3.21. The van der Waals surface area contributed by atoms with Crippen molar-refractivity contribution in [2.45, 2.75) is 25.3 Å². The fourth-order valence-corrected chi connectivity index (χ4v) is 6.21. The van der Waals surface area contributed by atoms with Gasteiger partial charge in [0.05, 0.1) is 31.8 Å². The number of nitrogens with zero attached hydrogens (tertiary/aromatic N) is 3. The Labute approximate surface area is 200 Å². The summed E-state index contributed by atoms with van der Waals surface area (Å²) in [6, 6.07) is 9.32. The van der Waals surface area contributed by atoms with Crippen LogP contribution in [0.2, 0.25) is 10.0 Å². The van der Waals surface area contributed by atoms with Gasteiger partial charge in [-0.3, -0.25) is 4.79 Å².